The minimum atomic E-state index is -3.18. The van der Waals surface area contributed by atoms with E-state index in [1.165, 1.54) is 0 Å². The number of likely N-dealkylation sites (N-methyl/N-ethyl adjacent to an activating group) is 1. The number of aromatic nitrogens is 1. The molecule has 4 heterocycles. The van der Waals surface area contributed by atoms with Crippen LogP contribution in [0.25, 0.3) is 10.9 Å². The van der Waals surface area contributed by atoms with E-state index in [0.717, 1.165) is 43.6 Å². The standard InChI is InChI=1S/C22H28N4O3S/c1-24-8-10-25(11-9-24)14-19-6-12-30(28,29)22(19)15-26(16-22)21(27)18-4-5-20-17(13-18)3-2-7-23-20/h2-5,7,13,19H,6,8-12,14-16H2,1H3. The predicted octanol–water partition coefficient (Wildman–Crippen LogP) is 1.11. The summed E-state index contributed by atoms with van der Waals surface area (Å²) >= 11 is 0. The number of nitrogens with zero attached hydrogens (tertiary/aromatic N) is 4. The number of hydrogen-bond acceptors (Lipinski definition) is 6. The van der Waals surface area contributed by atoms with E-state index < -0.39 is 14.6 Å². The van der Waals surface area contributed by atoms with Gasteiger partial charge in [-0.3, -0.25) is 9.78 Å². The van der Waals surface area contributed by atoms with Crippen molar-refractivity contribution < 1.29 is 13.2 Å². The normalized spacial score (nSPS) is 26.2. The maximum atomic E-state index is 13.0. The summed E-state index contributed by atoms with van der Waals surface area (Å²) in [5.74, 6) is 0.261. The molecule has 1 unspecified atom stereocenters. The van der Waals surface area contributed by atoms with Crippen LogP contribution in [-0.4, -0.2) is 97.4 Å². The molecule has 5 rings (SSSR count). The van der Waals surface area contributed by atoms with Crippen LogP contribution in [-0.2, 0) is 9.84 Å². The van der Waals surface area contributed by atoms with Crippen LogP contribution >= 0.6 is 0 Å². The minimum Gasteiger partial charge on any atom is -0.335 e. The molecule has 30 heavy (non-hydrogen) atoms. The van der Waals surface area contributed by atoms with Gasteiger partial charge in [-0.2, -0.15) is 0 Å². The van der Waals surface area contributed by atoms with Crippen molar-refractivity contribution in [1.29, 1.82) is 0 Å². The Balaban J connectivity index is 1.31. The molecule has 3 aliphatic rings. The zero-order valence-corrected chi connectivity index (χ0v) is 18.1. The summed E-state index contributed by atoms with van der Waals surface area (Å²) in [4.78, 5) is 23.8. The van der Waals surface area contributed by atoms with Gasteiger partial charge in [0.15, 0.2) is 9.84 Å². The number of fused-ring (bicyclic) bond motifs is 1. The van der Waals surface area contributed by atoms with E-state index in [1.54, 1.807) is 17.2 Å². The molecular weight excluding hydrogens is 400 g/mol. The maximum Gasteiger partial charge on any atom is 0.253 e. The van der Waals surface area contributed by atoms with Gasteiger partial charge in [0.05, 0.1) is 11.3 Å². The van der Waals surface area contributed by atoms with Crippen LogP contribution in [0.3, 0.4) is 0 Å². The molecule has 3 aliphatic heterocycles. The number of piperazine rings is 1. The molecule has 3 fully saturated rings. The van der Waals surface area contributed by atoms with Crippen molar-refractivity contribution in [3.05, 3.63) is 42.1 Å². The van der Waals surface area contributed by atoms with Gasteiger partial charge in [-0.05, 0) is 43.7 Å². The summed E-state index contributed by atoms with van der Waals surface area (Å²) in [5.41, 5.74) is 1.44. The van der Waals surface area contributed by atoms with Crippen molar-refractivity contribution in [2.24, 2.45) is 5.92 Å². The highest BCUT2D eigenvalue weighted by Crippen LogP contribution is 2.45. The molecule has 3 saturated heterocycles. The number of carbonyl (C=O) groups is 1. The second-order valence-corrected chi connectivity index (χ2v) is 11.5. The third-order valence-electron chi connectivity index (χ3n) is 7.23. The molecule has 1 spiro atoms. The second-order valence-electron chi connectivity index (χ2n) is 9.05. The highest BCUT2D eigenvalue weighted by atomic mass is 32.2. The van der Waals surface area contributed by atoms with Gasteiger partial charge in [-0.25, -0.2) is 8.42 Å². The van der Waals surface area contributed by atoms with Crippen molar-refractivity contribution in [3.8, 4) is 0 Å². The molecule has 0 aliphatic carbocycles. The van der Waals surface area contributed by atoms with E-state index >= 15 is 0 Å². The van der Waals surface area contributed by atoms with Gasteiger partial charge in [0, 0.05) is 63.0 Å². The van der Waals surface area contributed by atoms with Gasteiger partial charge in [-0.1, -0.05) is 6.07 Å². The Kier molecular flexibility index (Phi) is 4.83. The first-order chi connectivity index (χ1) is 14.4. The Morgan fingerprint density at radius 2 is 1.93 bits per heavy atom. The molecule has 0 N–H and O–H groups in total. The van der Waals surface area contributed by atoms with E-state index in [1.807, 2.05) is 24.3 Å². The minimum absolute atomic E-state index is 0.0909. The van der Waals surface area contributed by atoms with E-state index in [-0.39, 0.29) is 17.6 Å². The average Bonchev–Trinajstić information content (AvgIpc) is 2.98. The molecule has 1 aromatic heterocycles. The summed E-state index contributed by atoms with van der Waals surface area (Å²) in [6.07, 6.45) is 2.44. The molecule has 0 bridgehead atoms. The molecule has 160 valence electrons. The van der Waals surface area contributed by atoms with E-state index in [2.05, 4.69) is 21.8 Å². The first-order valence-corrected chi connectivity index (χ1v) is 12.3. The lowest BCUT2D eigenvalue weighted by Crippen LogP contribution is -2.69. The number of likely N-dealkylation sites (tertiary alicyclic amines) is 1. The predicted molar refractivity (Wildman–Crippen MR) is 116 cm³/mol. The number of sulfone groups is 1. The monoisotopic (exact) mass is 428 g/mol. The second kappa shape index (κ2) is 7.28. The Bertz CT molecular complexity index is 1070. The molecule has 1 amide bonds. The molecule has 8 heteroatoms. The number of benzene rings is 1. The lowest BCUT2D eigenvalue weighted by atomic mass is 9.82. The van der Waals surface area contributed by atoms with Crippen LogP contribution in [0.4, 0.5) is 0 Å². The Morgan fingerprint density at radius 3 is 2.70 bits per heavy atom. The summed E-state index contributed by atoms with van der Waals surface area (Å²) in [7, 11) is -1.06. The van der Waals surface area contributed by atoms with Crippen molar-refractivity contribution in [1.82, 2.24) is 19.7 Å². The van der Waals surface area contributed by atoms with Crippen molar-refractivity contribution >= 4 is 26.6 Å². The number of amides is 1. The number of carbonyl (C=O) groups excluding carboxylic acids is 1. The largest absolute Gasteiger partial charge is 0.335 e. The van der Waals surface area contributed by atoms with Crippen LogP contribution in [0.5, 0.6) is 0 Å². The highest BCUT2D eigenvalue weighted by molar-refractivity contribution is 7.93. The highest BCUT2D eigenvalue weighted by Gasteiger charge is 2.62. The third kappa shape index (κ3) is 3.21. The zero-order valence-electron chi connectivity index (χ0n) is 17.3. The quantitative estimate of drug-likeness (QED) is 0.729. The maximum absolute atomic E-state index is 13.0. The Morgan fingerprint density at radius 1 is 1.17 bits per heavy atom. The molecule has 2 aromatic rings. The zero-order chi connectivity index (χ0) is 20.9. The van der Waals surface area contributed by atoms with Gasteiger partial charge in [0.2, 0.25) is 0 Å². The van der Waals surface area contributed by atoms with Gasteiger partial charge in [0.1, 0.15) is 4.75 Å². The van der Waals surface area contributed by atoms with E-state index in [9.17, 15) is 13.2 Å². The first kappa shape index (κ1) is 19.9. The fraction of sp³-hybridized carbons (Fsp3) is 0.545. The number of pyridine rings is 1. The van der Waals surface area contributed by atoms with Gasteiger partial charge >= 0.3 is 0 Å². The SMILES string of the molecule is CN1CCN(CC2CCS(=O)(=O)C23CN(C(=O)c2ccc4ncccc4c2)C3)CC1. The van der Waals surface area contributed by atoms with Crippen LogP contribution in [0.2, 0.25) is 0 Å². The molecule has 0 radical (unpaired) electrons. The molecule has 1 aromatic carbocycles. The summed E-state index contributed by atoms with van der Waals surface area (Å²) in [6.45, 7) is 5.46. The first-order valence-electron chi connectivity index (χ1n) is 10.7. The van der Waals surface area contributed by atoms with Gasteiger partial charge < -0.3 is 14.7 Å². The molecular formula is C22H28N4O3S. The average molecular weight is 429 g/mol. The Labute approximate surface area is 177 Å². The van der Waals surface area contributed by atoms with Crippen molar-refractivity contribution in [2.75, 3.05) is 58.6 Å². The smallest absolute Gasteiger partial charge is 0.253 e. The van der Waals surface area contributed by atoms with Crippen molar-refractivity contribution in [2.45, 2.75) is 11.2 Å². The number of hydrogen-bond donors (Lipinski definition) is 0. The summed E-state index contributed by atoms with van der Waals surface area (Å²) in [6, 6.07) is 9.27. The molecule has 7 nitrogen and oxygen atoms in total. The third-order valence-corrected chi connectivity index (χ3v) is 9.83. The lowest BCUT2D eigenvalue weighted by Gasteiger charge is -2.51. The molecule has 1 atom stereocenters. The van der Waals surface area contributed by atoms with E-state index in [4.69, 9.17) is 0 Å². The van der Waals surface area contributed by atoms with Gasteiger partial charge in [0.25, 0.3) is 5.91 Å². The fourth-order valence-electron chi connectivity index (χ4n) is 5.21. The molecule has 0 saturated carbocycles. The van der Waals surface area contributed by atoms with Crippen LogP contribution in [0.15, 0.2) is 36.5 Å². The Hall–Kier alpha value is -2.03. The fourth-order valence-corrected chi connectivity index (χ4v) is 7.61. The topological polar surface area (TPSA) is 73.8 Å². The van der Waals surface area contributed by atoms with Crippen LogP contribution in [0, 0.1) is 5.92 Å². The summed E-state index contributed by atoms with van der Waals surface area (Å²) in [5, 5.41) is 0.917. The number of rotatable bonds is 3. The summed E-state index contributed by atoms with van der Waals surface area (Å²) < 4.78 is 25.2. The van der Waals surface area contributed by atoms with Gasteiger partial charge in [-0.15, -0.1) is 0 Å². The van der Waals surface area contributed by atoms with Crippen LogP contribution in [0.1, 0.15) is 16.8 Å². The van der Waals surface area contributed by atoms with Crippen LogP contribution < -0.4 is 0 Å². The van der Waals surface area contributed by atoms with Crippen molar-refractivity contribution in [3.63, 3.8) is 0 Å². The lowest BCUT2D eigenvalue weighted by molar-refractivity contribution is 0.0391. The van der Waals surface area contributed by atoms with E-state index in [0.29, 0.717) is 25.1 Å².